The summed E-state index contributed by atoms with van der Waals surface area (Å²) in [5, 5.41) is 0. The van der Waals surface area contributed by atoms with E-state index in [-0.39, 0.29) is 12.4 Å². The molecule has 16 heavy (non-hydrogen) atoms. The third-order valence-corrected chi connectivity index (χ3v) is 1.92. The number of rotatable bonds is 4. The summed E-state index contributed by atoms with van der Waals surface area (Å²) in [5.41, 5.74) is -0.754. The zero-order valence-corrected chi connectivity index (χ0v) is 8.55. The van der Waals surface area contributed by atoms with Crippen LogP contribution in [0.2, 0.25) is 0 Å². The van der Waals surface area contributed by atoms with Gasteiger partial charge < -0.3 is 4.74 Å². The summed E-state index contributed by atoms with van der Waals surface area (Å²) >= 11 is 0. The van der Waals surface area contributed by atoms with Crippen LogP contribution in [0.4, 0.5) is 13.2 Å². The van der Waals surface area contributed by atoms with Crippen LogP contribution in [0, 0.1) is 12.3 Å². The van der Waals surface area contributed by atoms with E-state index in [4.69, 9.17) is 11.2 Å². The van der Waals surface area contributed by atoms with Gasteiger partial charge in [0.05, 0.1) is 12.2 Å². The Morgan fingerprint density at radius 2 is 1.94 bits per heavy atom. The predicted octanol–water partition coefficient (Wildman–Crippen LogP) is 3.50. The Morgan fingerprint density at radius 3 is 2.56 bits per heavy atom. The molecule has 0 bridgehead atoms. The molecule has 0 saturated carbocycles. The third kappa shape index (κ3) is 3.50. The van der Waals surface area contributed by atoms with E-state index in [0.717, 1.165) is 6.07 Å². The molecule has 0 N–H and O–H groups in total. The SMILES string of the molecule is C#CCCCOc1ccccc1C(F)(F)F. The van der Waals surface area contributed by atoms with Crippen LogP contribution in [-0.2, 0) is 6.18 Å². The highest BCUT2D eigenvalue weighted by Crippen LogP contribution is 2.35. The Morgan fingerprint density at radius 1 is 1.25 bits per heavy atom. The monoisotopic (exact) mass is 228 g/mol. The molecule has 1 aromatic carbocycles. The van der Waals surface area contributed by atoms with Crippen molar-refractivity contribution in [3.63, 3.8) is 0 Å². The van der Waals surface area contributed by atoms with Gasteiger partial charge in [-0.2, -0.15) is 13.2 Å². The Kier molecular flexibility index (Phi) is 4.24. The predicted molar refractivity (Wildman–Crippen MR) is 55.0 cm³/mol. The van der Waals surface area contributed by atoms with Crippen molar-refractivity contribution in [1.82, 2.24) is 0 Å². The summed E-state index contributed by atoms with van der Waals surface area (Å²) < 4.78 is 42.6. The first kappa shape index (κ1) is 12.4. The van der Waals surface area contributed by atoms with Crippen LogP contribution in [-0.4, -0.2) is 6.61 Å². The largest absolute Gasteiger partial charge is 0.493 e. The molecular formula is C12H11F3O. The van der Waals surface area contributed by atoms with Crippen molar-refractivity contribution in [1.29, 1.82) is 0 Å². The van der Waals surface area contributed by atoms with Gasteiger partial charge in [-0.3, -0.25) is 0 Å². The molecule has 0 aliphatic rings. The molecule has 0 aliphatic heterocycles. The van der Waals surface area contributed by atoms with Gasteiger partial charge in [-0.25, -0.2) is 0 Å². The summed E-state index contributed by atoms with van der Waals surface area (Å²) in [6, 6.07) is 5.14. The van der Waals surface area contributed by atoms with Crippen LogP contribution < -0.4 is 4.74 Å². The van der Waals surface area contributed by atoms with E-state index >= 15 is 0 Å². The number of terminal acetylenes is 1. The van der Waals surface area contributed by atoms with E-state index in [2.05, 4.69) is 5.92 Å². The fraction of sp³-hybridized carbons (Fsp3) is 0.333. The molecule has 0 atom stereocenters. The minimum Gasteiger partial charge on any atom is -0.493 e. The molecule has 1 aromatic rings. The fourth-order valence-electron chi connectivity index (χ4n) is 1.18. The molecule has 0 unspecified atom stereocenters. The van der Waals surface area contributed by atoms with Gasteiger partial charge in [0, 0.05) is 6.42 Å². The van der Waals surface area contributed by atoms with Gasteiger partial charge >= 0.3 is 6.18 Å². The van der Waals surface area contributed by atoms with Gasteiger partial charge in [0.2, 0.25) is 0 Å². The molecule has 0 heterocycles. The lowest BCUT2D eigenvalue weighted by Crippen LogP contribution is -2.09. The number of ether oxygens (including phenoxy) is 1. The van der Waals surface area contributed by atoms with E-state index in [1.54, 1.807) is 0 Å². The highest BCUT2D eigenvalue weighted by Gasteiger charge is 2.33. The molecule has 0 aliphatic carbocycles. The number of hydrogen-bond donors (Lipinski definition) is 0. The highest BCUT2D eigenvalue weighted by atomic mass is 19.4. The van der Waals surface area contributed by atoms with Crippen LogP contribution in [0.15, 0.2) is 24.3 Å². The van der Waals surface area contributed by atoms with Crippen molar-refractivity contribution < 1.29 is 17.9 Å². The molecule has 0 fully saturated rings. The molecule has 0 saturated heterocycles. The second kappa shape index (κ2) is 5.45. The van der Waals surface area contributed by atoms with Gasteiger partial charge in [0.1, 0.15) is 5.75 Å². The van der Waals surface area contributed by atoms with Crippen LogP contribution >= 0.6 is 0 Å². The number of hydrogen-bond acceptors (Lipinski definition) is 1. The van der Waals surface area contributed by atoms with E-state index in [0.29, 0.717) is 12.8 Å². The van der Waals surface area contributed by atoms with Crippen LogP contribution in [0.3, 0.4) is 0 Å². The summed E-state index contributed by atoms with van der Waals surface area (Å²) in [4.78, 5) is 0. The lowest BCUT2D eigenvalue weighted by Gasteiger charge is -2.13. The van der Waals surface area contributed by atoms with Crippen molar-refractivity contribution in [3.05, 3.63) is 29.8 Å². The number of unbranched alkanes of at least 4 members (excludes halogenated alkanes) is 1. The quantitative estimate of drug-likeness (QED) is 0.566. The summed E-state index contributed by atoms with van der Waals surface area (Å²) in [6.07, 6.45) is 1.67. The maximum absolute atomic E-state index is 12.5. The average Bonchev–Trinajstić information content (AvgIpc) is 2.24. The van der Waals surface area contributed by atoms with E-state index in [1.165, 1.54) is 18.2 Å². The van der Waals surface area contributed by atoms with E-state index in [9.17, 15) is 13.2 Å². The number of para-hydroxylation sites is 1. The smallest absolute Gasteiger partial charge is 0.419 e. The summed E-state index contributed by atoms with van der Waals surface area (Å²) in [5.74, 6) is 2.25. The van der Waals surface area contributed by atoms with Gasteiger partial charge in [-0.1, -0.05) is 12.1 Å². The molecule has 1 nitrogen and oxygen atoms in total. The Labute approximate surface area is 92.2 Å². The fourth-order valence-corrected chi connectivity index (χ4v) is 1.18. The van der Waals surface area contributed by atoms with Gasteiger partial charge in [0.25, 0.3) is 0 Å². The van der Waals surface area contributed by atoms with E-state index < -0.39 is 11.7 Å². The van der Waals surface area contributed by atoms with Crippen molar-refractivity contribution in [2.75, 3.05) is 6.61 Å². The molecule has 86 valence electrons. The molecule has 0 aromatic heterocycles. The Bertz CT molecular complexity index is 377. The first-order valence-corrected chi connectivity index (χ1v) is 4.78. The van der Waals surface area contributed by atoms with Crippen molar-refractivity contribution in [2.45, 2.75) is 19.0 Å². The third-order valence-electron chi connectivity index (χ3n) is 1.92. The molecule has 0 amide bonds. The summed E-state index contributed by atoms with van der Waals surface area (Å²) in [6.45, 7) is 0.192. The number of benzene rings is 1. The van der Waals surface area contributed by atoms with Crippen LogP contribution in [0.25, 0.3) is 0 Å². The second-order valence-electron chi connectivity index (χ2n) is 3.15. The maximum atomic E-state index is 12.5. The number of halogens is 3. The van der Waals surface area contributed by atoms with Crippen molar-refractivity contribution in [3.8, 4) is 18.1 Å². The van der Waals surface area contributed by atoms with Crippen molar-refractivity contribution >= 4 is 0 Å². The van der Waals surface area contributed by atoms with Gasteiger partial charge in [-0.15, -0.1) is 12.3 Å². The Balaban J connectivity index is 2.69. The second-order valence-corrected chi connectivity index (χ2v) is 3.15. The maximum Gasteiger partial charge on any atom is 0.419 e. The normalized spacial score (nSPS) is 10.9. The molecular weight excluding hydrogens is 217 g/mol. The minimum atomic E-state index is -4.39. The standard InChI is InChI=1S/C12H11F3O/c1-2-3-6-9-16-11-8-5-4-7-10(11)12(13,14)15/h1,4-5,7-8H,3,6,9H2. The molecule has 4 heteroatoms. The molecule has 0 radical (unpaired) electrons. The zero-order chi connectivity index (χ0) is 12.0. The summed E-state index contributed by atoms with van der Waals surface area (Å²) in [7, 11) is 0. The molecule has 1 rings (SSSR count). The minimum absolute atomic E-state index is 0.146. The van der Waals surface area contributed by atoms with Crippen molar-refractivity contribution in [2.24, 2.45) is 0 Å². The van der Waals surface area contributed by atoms with Crippen LogP contribution in [0.1, 0.15) is 18.4 Å². The van der Waals surface area contributed by atoms with Gasteiger partial charge in [-0.05, 0) is 18.6 Å². The molecule has 0 spiro atoms. The van der Waals surface area contributed by atoms with E-state index in [1.807, 2.05) is 0 Å². The average molecular weight is 228 g/mol. The first-order chi connectivity index (χ1) is 7.55. The lowest BCUT2D eigenvalue weighted by molar-refractivity contribution is -0.138. The Hall–Kier alpha value is -1.63. The van der Waals surface area contributed by atoms with Gasteiger partial charge in [0.15, 0.2) is 0 Å². The zero-order valence-electron chi connectivity index (χ0n) is 8.55. The highest BCUT2D eigenvalue weighted by molar-refractivity contribution is 5.35. The topological polar surface area (TPSA) is 9.23 Å². The first-order valence-electron chi connectivity index (χ1n) is 4.78. The lowest BCUT2D eigenvalue weighted by atomic mass is 10.2. The van der Waals surface area contributed by atoms with Crippen LogP contribution in [0.5, 0.6) is 5.75 Å². The number of alkyl halides is 3.